The normalized spacial score (nSPS) is 11.8. The van der Waals surface area contributed by atoms with Crippen LogP contribution < -0.4 is 11.1 Å². The molecule has 17 heavy (non-hydrogen) atoms. The summed E-state index contributed by atoms with van der Waals surface area (Å²) >= 11 is 0. The van der Waals surface area contributed by atoms with E-state index in [0.717, 1.165) is 5.56 Å². The third kappa shape index (κ3) is 5.29. The maximum absolute atomic E-state index is 11.4. The fraction of sp³-hybridized carbons (Fsp3) is 0.308. The van der Waals surface area contributed by atoms with Gasteiger partial charge in [0.1, 0.15) is 6.04 Å². The molecule has 92 valence electrons. The van der Waals surface area contributed by atoms with E-state index in [0.29, 0.717) is 13.2 Å². The summed E-state index contributed by atoms with van der Waals surface area (Å²) in [6, 6.07) is 9.11. The van der Waals surface area contributed by atoms with E-state index in [9.17, 15) is 4.79 Å². The highest BCUT2D eigenvalue weighted by Gasteiger charge is 2.12. The number of carbonyl (C=O) groups is 1. The zero-order chi connectivity index (χ0) is 12.5. The van der Waals surface area contributed by atoms with Crippen molar-refractivity contribution < 1.29 is 9.53 Å². The van der Waals surface area contributed by atoms with Gasteiger partial charge in [-0.15, -0.1) is 6.58 Å². The molecule has 0 bridgehead atoms. The van der Waals surface area contributed by atoms with E-state index in [-0.39, 0.29) is 12.5 Å². The van der Waals surface area contributed by atoms with Gasteiger partial charge in [-0.2, -0.15) is 0 Å². The van der Waals surface area contributed by atoms with Crippen molar-refractivity contribution in [1.29, 1.82) is 0 Å². The molecule has 0 fully saturated rings. The highest BCUT2D eigenvalue weighted by molar-refractivity contribution is 5.81. The number of amides is 1. The molecule has 0 aliphatic rings. The molecular formula is C13H18N2O2. The number of hydrogen-bond donors (Lipinski definition) is 2. The Labute approximate surface area is 101 Å². The van der Waals surface area contributed by atoms with Gasteiger partial charge >= 0.3 is 0 Å². The van der Waals surface area contributed by atoms with Crippen molar-refractivity contribution in [2.75, 3.05) is 13.2 Å². The molecule has 0 saturated heterocycles. The highest BCUT2D eigenvalue weighted by atomic mass is 16.5. The molecule has 4 heteroatoms. The number of nitrogens with two attached hydrogens (primary N) is 1. The van der Waals surface area contributed by atoms with Crippen LogP contribution in [0.2, 0.25) is 0 Å². The van der Waals surface area contributed by atoms with Gasteiger partial charge in [0.2, 0.25) is 5.91 Å². The van der Waals surface area contributed by atoms with E-state index in [2.05, 4.69) is 11.9 Å². The number of nitrogens with one attached hydrogen (secondary N) is 1. The van der Waals surface area contributed by atoms with Crippen LogP contribution in [-0.4, -0.2) is 25.1 Å². The maximum Gasteiger partial charge on any atom is 0.239 e. The molecule has 0 saturated carbocycles. The highest BCUT2D eigenvalue weighted by Crippen LogP contribution is 2.00. The van der Waals surface area contributed by atoms with Crippen LogP contribution in [0.3, 0.4) is 0 Å². The van der Waals surface area contributed by atoms with Gasteiger partial charge < -0.3 is 15.8 Å². The van der Waals surface area contributed by atoms with Crippen molar-refractivity contribution in [2.45, 2.75) is 12.6 Å². The number of ether oxygens (including phenoxy) is 1. The van der Waals surface area contributed by atoms with Crippen LogP contribution in [0.1, 0.15) is 5.56 Å². The van der Waals surface area contributed by atoms with E-state index in [1.54, 1.807) is 6.08 Å². The minimum absolute atomic E-state index is 0.206. The second-order valence-electron chi connectivity index (χ2n) is 3.64. The molecule has 0 spiro atoms. The predicted molar refractivity (Wildman–Crippen MR) is 67.3 cm³/mol. The molecule has 3 N–H and O–H groups in total. The summed E-state index contributed by atoms with van der Waals surface area (Å²) in [6.07, 6.45) is 1.61. The average molecular weight is 234 g/mol. The Morgan fingerprint density at radius 2 is 2.18 bits per heavy atom. The summed E-state index contributed by atoms with van der Waals surface area (Å²) in [5, 5.41) is 2.62. The molecule has 0 aliphatic carbocycles. The molecular weight excluding hydrogens is 216 g/mol. The first kappa shape index (κ1) is 13.4. The molecule has 1 aromatic rings. The lowest BCUT2D eigenvalue weighted by Gasteiger charge is -2.11. The number of rotatable bonds is 7. The molecule has 1 atom stereocenters. The van der Waals surface area contributed by atoms with Crippen LogP contribution >= 0.6 is 0 Å². The van der Waals surface area contributed by atoms with E-state index in [1.807, 2.05) is 30.3 Å². The summed E-state index contributed by atoms with van der Waals surface area (Å²) in [7, 11) is 0. The zero-order valence-corrected chi connectivity index (χ0v) is 9.76. The quantitative estimate of drug-likeness (QED) is 0.687. The minimum atomic E-state index is -0.640. The lowest BCUT2D eigenvalue weighted by molar-refractivity contribution is -0.123. The predicted octanol–water partition coefficient (Wildman–Crippen LogP) is 0.833. The van der Waals surface area contributed by atoms with Gasteiger partial charge in [0.25, 0.3) is 0 Å². The van der Waals surface area contributed by atoms with E-state index >= 15 is 0 Å². The molecule has 4 nitrogen and oxygen atoms in total. The average Bonchev–Trinajstić information content (AvgIpc) is 2.37. The van der Waals surface area contributed by atoms with Gasteiger partial charge in [0.15, 0.2) is 0 Å². The standard InChI is InChI=1S/C13H18N2O2/c1-2-8-15-13(16)12(14)10-17-9-11-6-4-3-5-7-11/h2-7,12H,1,8-10,14H2,(H,15,16)/t12-/m0/s1. The SMILES string of the molecule is C=CCNC(=O)[C@@H](N)COCc1ccccc1. The third-order valence-electron chi connectivity index (χ3n) is 2.17. The lowest BCUT2D eigenvalue weighted by atomic mass is 10.2. The molecule has 1 amide bonds. The molecule has 0 aliphatic heterocycles. The fourth-order valence-corrected chi connectivity index (χ4v) is 1.26. The number of benzene rings is 1. The van der Waals surface area contributed by atoms with Gasteiger partial charge in [-0.05, 0) is 5.56 Å². The third-order valence-corrected chi connectivity index (χ3v) is 2.17. The Morgan fingerprint density at radius 3 is 2.82 bits per heavy atom. The van der Waals surface area contributed by atoms with Crippen molar-refractivity contribution in [3.8, 4) is 0 Å². The van der Waals surface area contributed by atoms with E-state index in [1.165, 1.54) is 0 Å². The van der Waals surface area contributed by atoms with Gasteiger partial charge in [-0.1, -0.05) is 36.4 Å². The maximum atomic E-state index is 11.4. The minimum Gasteiger partial charge on any atom is -0.375 e. The van der Waals surface area contributed by atoms with E-state index in [4.69, 9.17) is 10.5 Å². The summed E-state index contributed by atoms with van der Waals surface area (Å²) < 4.78 is 5.37. The van der Waals surface area contributed by atoms with Crippen molar-refractivity contribution in [1.82, 2.24) is 5.32 Å². The first-order chi connectivity index (χ1) is 8.24. The van der Waals surface area contributed by atoms with Crippen molar-refractivity contribution >= 4 is 5.91 Å². The van der Waals surface area contributed by atoms with Crippen LogP contribution in [0, 0.1) is 0 Å². The Kier molecular flexibility index (Phi) is 5.99. The zero-order valence-electron chi connectivity index (χ0n) is 9.76. The van der Waals surface area contributed by atoms with Crippen molar-refractivity contribution in [3.05, 3.63) is 48.6 Å². The molecule has 1 aromatic carbocycles. The Balaban J connectivity index is 2.22. The van der Waals surface area contributed by atoms with Crippen LogP contribution in [0.4, 0.5) is 0 Å². The van der Waals surface area contributed by atoms with Gasteiger partial charge in [0, 0.05) is 6.54 Å². The fourth-order valence-electron chi connectivity index (χ4n) is 1.26. The second kappa shape index (κ2) is 7.60. The first-order valence-electron chi connectivity index (χ1n) is 5.50. The Morgan fingerprint density at radius 1 is 1.47 bits per heavy atom. The molecule has 1 rings (SSSR count). The van der Waals surface area contributed by atoms with Gasteiger partial charge in [0.05, 0.1) is 13.2 Å². The largest absolute Gasteiger partial charge is 0.375 e. The molecule has 0 radical (unpaired) electrons. The summed E-state index contributed by atoms with van der Waals surface area (Å²) in [6.45, 7) is 4.60. The summed E-state index contributed by atoms with van der Waals surface area (Å²) in [5.74, 6) is -0.224. The van der Waals surface area contributed by atoms with Crippen LogP contribution in [0.25, 0.3) is 0 Å². The van der Waals surface area contributed by atoms with Crippen LogP contribution in [0.15, 0.2) is 43.0 Å². The lowest BCUT2D eigenvalue weighted by Crippen LogP contribution is -2.43. The smallest absolute Gasteiger partial charge is 0.239 e. The number of carbonyl (C=O) groups excluding carboxylic acids is 1. The van der Waals surface area contributed by atoms with Crippen LogP contribution in [-0.2, 0) is 16.1 Å². The van der Waals surface area contributed by atoms with Gasteiger partial charge in [-0.25, -0.2) is 0 Å². The Hall–Kier alpha value is -1.65. The van der Waals surface area contributed by atoms with Crippen molar-refractivity contribution in [2.24, 2.45) is 5.73 Å². The number of hydrogen-bond acceptors (Lipinski definition) is 3. The summed E-state index contributed by atoms with van der Waals surface area (Å²) in [5.41, 5.74) is 6.71. The van der Waals surface area contributed by atoms with Gasteiger partial charge in [-0.3, -0.25) is 4.79 Å². The van der Waals surface area contributed by atoms with Crippen LogP contribution in [0.5, 0.6) is 0 Å². The Bertz CT molecular complexity index is 352. The van der Waals surface area contributed by atoms with Crippen molar-refractivity contribution in [3.63, 3.8) is 0 Å². The monoisotopic (exact) mass is 234 g/mol. The first-order valence-corrected chi connectivity index (χ1v) is 5.50. The van der Waals surface area contributed by atoms with E-state index < -0.39 is 6.04 Å². The molecule has 0 heterocycles. The summed E-state index contributed by atoms with van der Waals surface area (Å²) in [4.78, 5) is 11.4. The molecule has 0 unspecified atom stereocenters. The topological polar surface area (TPSA) is 64.4 Å². The molecule has 0 aromatic heterocycles. The second-order valence-corrected chi connectivity index (χ2v) is 3.64.